The van der Waals surface area contributed by atoms with Crippen LogP contribution in [0.3, 0.4) is 0 Å². The van der Waals surface area contributed by atoms with E-state index in [1.54, 1.807) is 30.3 Å². The van der Waals surface area contributed by atoms with Crippen molar-refractivity contribution in [1.82, 2.24) is 0 Å². The summed E-state index contributed by atoms with van der Waals surface area (Å²) in [7, 11) is 0. The summed E-state index contributed by atoms with van der Waals surface area (Å²) in [6.45, 7) is 0. The molecule has 1 amide bonds. The molecule has 0 spiro atoms. The van der Waals surface area contributed by atoms with Crippen LogP contribution in [0.5, 0.6) is 0 Å². The lowest BCUT2D eigenvalue weighted by Crippen LogP contribution is -2.08. The second-order valence-electron chi connectivity index (χ2n) is 3.58. The molecule has 1 aromatic heterocycles. The molecule has 0 aliphatic heterocycles. The molecule has 0 saturated carbocycles. The third kappa shape index (κ3) is 2.38. The van der Waals surface area contributed by atoms with Crippen molar-refractivity contribution in [2.75, 3.05) is 0 Å². The fraction of sp³-hybridized carbons (Fsp3) is 0.0833. The zero-order valence-corrected chi connectivity index (χ0v) is 9.81. The molecule has 0 bridgehead atoms. The van der Waals surface area contributed by atoms with Crippen LogP contribution in [0.1, 0.15) is 14.5 Å². The minimum absolute atomic E-state index is 0.0121. The summed E-state index contributed by atoms with van der Waals surface area (Å²) in [5.41, 5.74) is 5.42. The highest BCUT2D eigenvalue weighted by Gasteiger charge is 2.36. The van der Waals surface area contributed by atoms with Gasteiger partial charge in [0, 0.05) is 5.56 Å². The number of amides is 1. The molecule has 0 fully saturated rings. The monoisotopic (exact) mass is 271 g/mol. The zero-order chi connectivity index (χ0) is 13.3. The normalized spacial score (nSPS) is 11.5. The van der Waals surface area contributed by atoms with E-state index in [0.717, 1.165) is 0 Å². The van der Waals surface area contributed by atoms with Crippen molar-refractivity contribution in [2.24, 2.45) is 5.73 Å². The van der Waals surface area contributed by atoms with E-state index < -0.39 is 17.0 Å². The molecule has 2 aromatic rings. The molecule has 1 heterocycles. The summed E-state index contributed by atoms with van der Waals surface area (Å²) < 4.78 is 38.6. The molecule has 0 saturated heterocycles. The van der Waals surface area contributed by atoms with Gasteiger partial charge in [0.25, 0.3) is 5.91 Å². The molecule has 6 heteroatoms. The molecule has 0 atom stereocenters. The lowest BCUT2D eigenvalue weighted by Gasteiger charge is -2.07. The molecule has 1 aromatic carbocycles. The van der Waals surface area contributed by atoms with E-state index in [2.05, 4.69) is 0 Å². The number of rotatable bonds is 2. The van der Waals surface area contributed by atoms with Crippen molar-refractivity contribution >= 4 is 17.2 Å². The number of thiophene rings is 1. The van der Waals surface area contributed by atoms with Crippen LogP contribution in [-0.4, -0.2) is 5.91 Å². The standard InChI is InChI=1S/C12H8F3NOS/c13-12(14,15)10-8(6-9(18-10)11(16)17)7-4-2-1-3-5-7/h1-6H,(H2,16,17). The number of carbonyl (C=O) groups is 1. The van der Waals surface area contributed by atoms with E-state index in [1.807, 2.05) is 0 Å². The second-order valence-corrected chi connectivity index (χ2v) is 4.63. The van der Waals surface area contributed by atoms with E-state index in [9.17, 15) is 18.0 Å². The molecule has 0 aliphatic carbocycles. The summed E-state index contributed by atoms with van der Waals surface area (Å²) >= 11 is 0.370. The highest BCUT2D eigenvalue weighted by atomic mass is 32.1. The fourth-order valence-corrected chi connectivity index (χ4v) is 2.45. The van der Waals surface area contributed by atoms with E-state index in [0.29, 0.717) is 16.9 Å². The number of hydrogen-bond donors (Lipinski definition) is 1. The topological polar surface area (TPSA) is 43.1 Å². The van der Waals surface area contributed by atoms with Crippen molar-refractivity contribution in [3.8, 4) is 11.1 Å². The van der Waals surface area contributed by atoms with Gasteiger partial charge >= 0.3 is 6.18 Å². The van der Waals surface area contributed by atoms with Gasteiger partial charge in [0.2, 0.25) is 0 Å². The van der Waals surface area contributed by atoms with Crippen LogP contribution in [0, 0.1) is 0 Å². The summed E-state index contributed by atoms with van der Waals surface area (Å²) in [5, 5.41) is 0. The third-order valence-corrected chi connectivity index (χ3v) is 3.51. The number of nitrogens with two attached hydrogens (primary N) is 1. The number of carbonyl (C=O) groups excluding carboxylic acids is 1. The van der Waals surface area contributed by atoms with Gasteiger partial charge in [0.15, 0.2) is 0 Å². The maximum atomic E-state index is 12.9. The number of benzene rings is 1. The minimum Gasteiger partial charge on any atom is -0.365 e. The summed E-state index contributed by atoms with van der Waals surface area (Å²) in [4.78, 5) is 10.1. The molecular formula is C12H8F3NOS. The molecule has 0 aliphatic rings. The van der Waals surface area contributed by atoms with Crippen molar-refractivity contribution in [3.63, 3.8) is 0 Å². The predicted octanol–water partition coefficient (Wildman–Crippen LogP) is 3.53. The number of primary amides is 1. The SMILES string of the molecule is NC(=O)c1cc(-c2ccccc2)c(C(F)(F)F)s1. The molecule has 2 N–H and O–H groups in total. The van der Waals surface area contributed by atoms with Crippen LogP contribution in [0.2, 0.25) is 0 Å². The Labute approximate surface area is 105 Å². The van der Waals surface area contributed by atoms with Crippen molar-refractivity contribution in [2.45, 2.75) is 6.18 Å². The third-order valence-electron chi connectivity index (χ3n) is 2.32. The Morgan fingerprint density at radius 2 is 1.78 bits per heavy atom. The fourth-order valence-electron chi connectivity index (χ4n) is 1.56. The Balaban J connectivity index is 2.62. The van der Waals surface area contributed by atoms with Gasteiger partial charge in [0.1, 0.15) is 4.88 Å². The van der Waals surface area contributed by atoms with Crippen LogP contribution >= 0.6 is 11.3 Å². The van der Waals surface area contributed by atoms with Crippen LogP contribution < -0.4 is 5.73 Å². The minimum atomic E-state index is -4.50. The Bertz CT molecular complexity index is 575. The zero-order valence-electron chi connectivity index (χ0n) is 8.99. The predicted molar refractivity (Wildman–Crippen MR) is 63.3 cm³/mol. The number of hydrogen-bond acceptors (Lipinski definition) is 2. The average molecular weight is 271 g/mol. The summed E-state index contributed by atoms with van der Waals surface area (Å²) in [6, 6.07) is 9.28. The van der Waals surface area contributed by atoms with Gasteiger partial charge in [0.05, 0.1) is 4.88 Å². The first-order chi connectivity index (χ1) is 8.39. The van der Waals surface area contributed by atoms with E-state index in [-0.39, 0.29) is 10.4 Å². The van der Waals surface area contributed by atoms with E-state index in [4.69, 9.17) is 5.73 Å². The van der Waals surface area contributed by atoms with Gasteiger partial charge in [-0.1, -0.05) is 30.3 Å². The first kappa shape index (κ1) is 12.6. The lowest BCUT2D eigenvalue weighted by atomic mass is 10.1. The second kappa shape index (κ2) is 4.45. The van der Waals surface area contributed by atoms with Gasteiger partial charge in [-0.15, -0.1) is 11.3 Å². The molecule has 0 unspecified atom stereocenters. The summed E-state index contributed by atoms with van der Waals surface area (Å²) in [6.07, 6.45) is -4.50. The molecule has 94 valence electrons. The Hall–Kier alpha value is -1.82. The Kier molecular flexibility index (Phi) is 3.13. The van der Waals surface area contributed by atoms with Crippen LogP contribution in [0.4, 0.5) is 13.2 Å². The van der Waals surface area contributed by atoms with Crippen molar-refractivity contribution in [3.05, 3.63) is 46.2 Å². The van der Waals surface area contributed by atoms with Crippen molar-refractivity contribution in [1.29, 1.82) is 0 Å². The lowest BCUT2D eigenvalue weighted by molar-refractivity contribution is -0.133. The highest BCUT2D eigenvalue weighted by Crippen LogP contribution is 2.42. The molecule has 2 nitrogen and oxygen atoms in total. The first-order valence-corrected chi connectivity index (χ1v) is 5.77. The largest absolute Gasteiger partial charge is 0.426 e. The summed E-state index contributed by atoms with van der Waals surface area (Å²) in [5.74, 6) is -0.854. The number of halogens is 3. The quantitative estimate of drug-likeness (QED) is 0.892. The Morgan fingerprint density at radius 3 is 2.28 bits per heavy atom. The van der Waals surface area contributed by atoms with Crippen molar-refractivity contribution < 1.29 is 18.0 Å². The smallest absolute Gasteiger partial charge is 0.365 e. The van der Waals surface area contributed by atoms with Crippen LogP contribution in [0.25, 0.3) is 11.1 Å². The van der Waals surface area contributed by atoms with Crippen LogP contribution in [0.15, 0.2) is 36.4 Å². The van der Waals surface area contributed by atoms with E-state index in [1.165, 1.54) is 6.07 Å². The van der Waals surface area contributed by atoms with Gasteiger partial charge < -0.3 is 5.73 Å². The van der Waals surface area contributed by atoms with Gasteiger partial charge in [-0.05, 0) is 11.6 Å². The van der Waals surface area contributed by atoms with Gasteiger partial charge in [-0.25, -0.2) is 0 Å². The highest BCUT2D eigenvalue weighted by molar-refractivity contribution is 7.14. The maximum Gasteiger partial charge on any atom is 0.426 e. The molecule has 2 rings (SSSR count). The average Bonchev–Trinajstić information content (AvgIpc) is 2.74. The van der Waals surface area contributed by atoms with Crippen LogP contribution in [-0.2, 0) is 6.18 Å². The molecule has 0 radical (unpaired) electrons. The van der Waals surface area contributed by atoms with E-state index >= 15 is 0 Å². The first-order valence-electron chi connectivity index (χ1n) is 4.96. The molecule has 18 heavy (non-hydrogen) atoms. The Morgan fingerprint density at radius 1 is 1.17 bits per heavy atom. The molecular weight excluding hydrogens is 263 g/mol. The van der Waals surface area contributed by atoms with Gasteiger partial charge in [-0.3, -0.25) is 4.79 Å². The number of alkyl halides is 3. The van der Waals surface area contributed by atoms with Gasteiger partial charge in [-0.2, -0.15) is 13.2 Å². The maximum absolute atomic E-state index is 12.9.